The van der Waals surface area contributed by atoms with Gasteiger partial charge in [-0.15, -0.1) is 0 Å². The molecule has 1 rings (SSSR count). The summed E-state index contributed by atoms with van der Waals surface area (Å²) in [6.07, 6.45) is 0. The highest BCUT2D eigenvalue weighted by Gasteiger charge is 2.20. The van der Waals surface area contributed by atoms with Crippen LogP contribution in [0.5, 0.6) is 0 Å². The standard InChI is InChI=1S/C12H20N2O2S/c1-10(2)11-6-4-5-7-12(11)14(3)17(15,16)9-8-13/h4-7,10H,8-9,13H2,1-3H3. The van der Waals surface area contributed by atoms with Crippen molar-refractivity contribution in [2.45, 2.75) is 19.8 Å². The molecule has 0 spiro atoms. The van der Waals surface area contributed by atoms with Gasteiger partial charge in [-0.1, -0.05) is 32.0 Å². The predicted molar refractivity (Wildman–Crippen MR) is 71.8 cm³/mol. The number of para-hydroxylation sites is 1. The summed E-state index contributed by atoms with van der Waals surface area (Å²) in [6, 6.07) is 7.54. The first-order valence-electron chi connectivity index (χ1n) is 5.65. The van der Waals surface area contributed by atoms with Crippen LogP contribution < -0.4 is 10.0 Å². The van der Waals surface area contributed by atoms with Gasteiger partial charge in [0.1, 0.15) is 0 Å². The van der Waals surface area contributed by atoms with E-state index in [1.807, 2.05) is 38.1 Å². The van der Waals surface area contributed by atoms with Crippen molar-refractivity contribution in [1.82, 2.24) is 0 Å². The molecule has 0 bridgehead atoms. The van der Waals surface area contributed by atoms with E-state index in [1.165, 1.54) is 4.31 Å². The summed E-state index contributed by atoms with van der Waals surface area (Å²) in [5.41, 5.74) is 7.08. The Kier molecular flexibility index (Phi) is 4.54. The first kappa shape index (κ1) is 14.0. The molecule has 1 aromatic rings. The van der Waals surface area contributed by atoms with Crippen LogP contribution in [0.25, 0.3) is 0 Å². The molecule has 0 fully saturated rings. The Bertz CT molecular complexity index is 469. The topological polar surface area (TPSA) is 63.4 Å². The van der Waals surface area contributed by atoms with Crippen molar-refractivity contribution < 1.29 is 8.42 Å². The molecule has 0 aliphatic heterocycles. The van der Waals surface area contributed by atoms with Crippen LogP contribution >= 0.6 is 0 Å². The number of anilines is 1. The van der Waals surface area contributed by atoms with Gasteiger partial charge in [0, 0.05) is 13.6 Å². The van der Waals surface area contributed by atoms with Gasteiger partial charge in [0.15, 0.2) is 0 Å². The van der Waals surface area contributed by atoms with Crippen LogP contribution in [0.3, 0.4) is 0 Å². The Labute approximate surface area is 103 Å². The van der Waals surface area contributed by atoms with Crippen LogP contribution in [0.1, 0.15) is 25.3 Å². The molecule has 0 saturated carbocycles. The summed E-state index contributed by atoms with van der Waals surface area (Å²) < 4.78 is 25.2. The zero-order valence-electron chi connectivity index (χ0n) is 10.6. The molecule has 0 heterocycles. The van der Waals surface area contributed by atoms with Crippen LogP contribution in [0.15, 0.2) is 24.3 Å². The molecule has 2 N–H and O–H groups in total. The Morgan fingerprint density at radius 3 is 2.41 bits per heavy atom. The number of sulfonamides is 1. The third-order valence-electron chi connectivity index (χ3n) is 2.69. The van der Waals surface area contributed by atoms with E-state index in [2.05, 4.69) is 0 Å². The number of hydrogen-bond donors (Lipinski definition) is 1. The number of rotatable bonds is 5. The van der Waals surface area contributed by atoms with Gasteiger partial charge >= 0.3 is 0 Å². The summed E-state index contributed by atoms with van der Waals surface area (Å²) in [4.78, 5) is 0. The quantitative estimate of drug-likeness (QED) is 0.869. The number of nitrogens with zero attached hydrogens (tertiary/aromatic N) is 1. The van der Waals surface area contributed by atoms with E-state index in [0.29, 0.717) is 0 Å². The maximum absolute atomic E-state index is 12.0. The monoisotopic (exact) mass is 256 g/mol. The fourth-order valence-electron chi connectivity index (χ4n) is 1.70. The lowest BCUT2D eigenvalue weighted by molar-refractivity contribution is 0.594. The fraction of sp³-hybridized carbons (Fsp3) is 0.500. The van der Waals surface area contributed by atoms with Crippen LogP contribution in [-0.2, 0) is 10.0 Å². The molecule has 17 heavy (non-hydrogen) atoms. The van der Waals surface area contributed by atoms with Crippen LogP contribution in [0.2, 0.25) is 0 Å². The summed E-state index contributed by atoms with van der Waals surface area (Å²) >= 11 is 0. The Hall–Kier alpha value is -1.07. The zero-order valence-corrected chi connectivity index (χ0v) is 11.4. The van der Waals surface area contributed by atoms with E-state index >= 15 is 0 Å². The Morgan fingerprint density at radius 2 is 1.88 bits per heavy atom. The van der Waals surface area contributed by atoms with Gasteiger partial charge in [0.2, 0.25) is 10.0 Å². The van der Waals surface area contributed by atoms with E-state index < -0.39 is 10.0 Å². The summed E-state index contributed by atoms with van der Waals surface area (Å²) in [7, 11) is -1.74. The van der Waals surface area contributed by atoms with Gasteiger partial charge in [-0.05, 0) is 17.5 Å². The largest absolute Gasteiger partial charge is 0.329 e. The van der Waals surface area contributed by atoms with Crippen molar-refractivity contribution in [1.29, 1.82) is 0 Å². The van der Waals surface area contributed by atoms with E-state index in [-0.39, 0.29) is 18.2 Å². The molecule has 96 valence electrons. The molecule has 0 aliphatic carbocycles. The third-order valence-corrected chi connectivity index (χ3v) is 4.47. The van der Waals surface area contributed by atoms with Crippen molar-refractivity contribution >= 4 is 15.7 Å². The molecule has 0 radical (unpaired) electrons. The first-order valence-corrected chi connectivity index (χ1v) is 7.26. The van der Waals surface area contributed by atoms with Gasteiger partial charge in [-0.25, -0.2) is 8.42 Å². The van der Waals surface area contributed by atoms with Gasteiger partial charge in [-0.3, -0.25) is 4.31 Å². The average molecular weight is 256 g/mol. The lowest BCUT2D eigenvalue weighted by atomic mass is 10.0. The number of hydrogen-bond acceptors (Lipinski definition) is 3. The van der Waals surface area contributed by atoms with Crippen LogP contribution in [0, 0.1) is 0 Å². The molecule has 0 amide bonds. The van der Waals surface area contributed by atoms with Crippen molar-refractivity contribution in [3.05, 3.63) is 29.8 Å². The minimum atomic E-state index is -3.31. The smallest absolute Gasteiger partial charge is 0.236 e. The minimum absolute atomic E-state index is 0.0318. The second-order valence-electron chi connectivity index (χ2n) is 4.29. The summed E-state index contributed by atoms with van der Waals surface area (Å²) in [6.45, 7) is 4.22. The third kappa shape index (κ3) is 3.20. The maximum Gasteiger partial charge on any atom is 0.236 e. The van der Waals surface area contributed by atoms with E-state index in [4.69, 9.17) is 5.73 Å². The summed E-state index contributed by atoms with van der Waals surface area (Å²) in [5, 5.41) is 0. The van der Waals surface area contributed by atoms with Crippen LogP contribution in [0.4, 0.5) is 5.69 Å². The summed E-state index contributed by atoms with van der Waals surface area (Å²) in [5.74, 6) is 0.248. The molecular formula is C12H20N2O2S. The second kappa shape index (κ2) is 5.51. The van der Waals surface area contributed by atoms with E-state index in [0.717, 1.165) is 11.3 Å². The van der Waals surface area contributed by atoms with Crippen molar-refractivity contribution in [2.75, 3.05) is 23.7 Å². The Balaban J connectivity index is 3.17. The van der Waals surface area contributed by atoms with E-state index in [1.54, 1.807) is 7.05 Å². The predicted octanol–water partition coefficient (Wildman–Crippen LogP) is 1.53. The Morgan fingerprint density at radius 1 is 1.29 bits per heavy atom. The second-order valence-corrected chi connectivity index (χ2v) is 6.41. The van der Waals surface area contributed by atoms with Gasteiger partial charge in [-0.2, -0.15) is 0 Å². The first-order chi connectivity index (χ1) is 7.90. The molecule has 0 unspecified atom stereocenters. The maximum atomic E-state index is 12.0. The van der Waals surface area contributed by atoms with Gasteiger partial charge in [0.05, 0.1) is 11.4 Å². The van der Waals surface area contributed by atoms with Crippen molar-refractivity contribution in [3.8, 4) is 0 Å². The molecule has 4 nitrogen and oxygen atoms in total. The number of nitrogens with two attached hydrogens (primary N) is 1. The zero-order chi connectivity index (χ0) is 13.1. The van der Waals surface area contributed by atoms with E-state index in [9.17, 15) is 8.42 Å². The molecule has 1 aromatic carbocycles. The van der Waals surface area contributed by atoms with Gasteiger partial charge < -0.3 is 5.73 Å². The molecule has 0 aliphatic rings. The number of benzene rings is 1. The minimum Gasteiger partial charge on any atom is -0.329 e. The highest BCUT2D eigenvalue weighted by molar-refractivity contribution is 7.92. The van der Waals surface area contributed by atoms with Crippen molar-refractivity contribution in [3.63, 3.8) is 0 Å². The lowest BCUT2D eigenvalue weighted by Crippen LogP contribution is -2.32. The molecule has 0 aromatic heterocycles. The van der Waals surface area contributed by atoms with Crippen LogP contribution in [-0.4, -0.2) is 27.8 Å². The fourth-order valence-corrected chi connectivity index (χ4v) is 2.74. The average Bonchev–Trinajstić information content (AvgIpc) is 2.28. The lowest BCUT2D eigenvalue weighted by Gasteiger charge is -2.23. The molecule has 0 saturated heterocycles. The SMILES string of the molecule is CC(C)c1ccccc1N(C)S(=O)(=O)CCN. The van der Waals surface area contributed by atoms with Gasteiger partial charge in [0.25, 0.3) is 0 Å². The molecular weight excluding hydrogens is 236 g/mol. The highest BCUT2D eigenvalue weighted by Crippen LogP contribution is 2.28. The highest BCUT2D eigenvalue weighted by atomic mass is 32.2. The molecule has 0 atom stereocenters. The van der Waals surface area contributed by atoms with Crippen molar-refractivity contribution in [2.24, 2.45) is 5.73 Å². The molecule has 5 heteroatoms. The normalized spacial score (nSPS) is 11.8.